The van der Waals surface area contributed by atoms with Crippen molar-refractivity contribution in [1.29, 1.82) is 0 Å². The number of nitrogens with zero attached hydrogens (tertiary/aromatic N) is 2. The fourth-order valence-corrected chi connectivity index (χ4v) is 2.52. The Morgan fingerprint density at radius 2 is 2.20 bits per heavy atom. The number of methoxy groups -OCH3 is 1. The highest BCUT2D eigenvalue weighted by Crippen LogP contribution is 2.20. The van der Waals surface area contributed by atoms with Crippen molar-refractivity contribution in [2.75, 3.05) is 40.4 Å². The fourth-order valence-electron chi connectivity index (χ4n) is 2.52. The number of likely N-dealkylation sites (tertiary alicyclic amines) is 1. The highest BCUT2D eigenvalue weighted by molar-refractivity contribution is 5.89. The Bertz CT molecular complexity index is 346. The highest BCUT2D eigenvalue weighted by Gasteiger charge is 2.36. The molecule has 1 N–H and O–H groups in total. The van der Waals surface area contributed by atoms with E-state index in [1.165, 1.54) is 12.0 Å². The van der Waals surface area contributed by atoms with Gasteiger partial charge in [-0.1, -0.05) is 13.8 Å². The van der Waals surface area contributed by atoms with Crippen LogP contribution in [0.1, 0.15) is 20.3 Å². The lowest BCUT2D eigenvalue weighted by Gasteiger charge is -2.24. The highest BCUT2D eigenvalue weighted by atomic mass is 16.5. The third-order valence-electron chi connectivity index (χ3n) is 3.37. The Balaban J connectivity index is 2.50. The molecule has 116 valence electrons. The zero-order valence-electron chi connectivity index (χ0n) is 12.8. The second-order valence-corrected chi connectivity index (χ2v) is 5.92. The van der Waals surface area contributed by atoms with Gasteiger partial charge in [-0.05, 0) is 5.92 Å². The van der Waals surface area contributed by atoms with Crippen LogP contribution in [0.5, 0.6) is 0 Å². The number of carbonyl (C=O) groups excluding carboxylic acids is 2. The van der Waals surface area contributed by atoms with E-state index < -0.39 is 6.10 Å². The summed E-state index contributed by atoms with van der Waals surface area (Å²) in [5.41, 5.74) is 0. The van der Waals surface area contributed by atoms with Crippen molar-refractivity contribution in [2.24, 2.45) is 11.8 Å². The predicted molar refractivity (Wildman–Crippen MR) is 75.0 cm³/mol. The topological polar surface area (TPSA) is 70.1 Å². The fraction of sp³-hybridized carbons (Fsp3) is 0.857. The molecule has 0 bridgehead atoms. The average molecular weight is 286 g/mol. The van der Waals surface area contributed by atoms with Crippen molar-refractivity contribution in [3.8, 4) is 0 Å². The normalized spacial score (nSPS) is 20.6. The van der Waals surface area contributed by atoms with Crippen molar-refractivity contribution in [3.63, 3.8) is 0 Å². The van der Waals surface area contributed by atoms with E-state index in [1.54, 1.807) is 11.9 Å². The van der Waals surface area contributed by atoms with Crippen LogP contribution in [0, 0.1) is 11.8 Å². The van der Waals surface area contributed by atoms with E-state index in [4.69, 9.17) is 4.74 Å². The minimum atomic E-state index is -0.696. The summed E-state index contributed by atoms with van der Waals surface area (Å²) in [6, 6.07) is 0. The number of likely N-dealkylation sites (N-methyl/N-ethyl adjacent to an activating group) is 1. The number of hydrogen-bond acceptors (Lipinski definition) is 4. The lowest BCUT2D eigenvalue weighted by molar-refractivity contribution is -0.136. The number of aliphatic hydroxyl groups is 1. The molecule has 0 saturated carbocycles. The van der Waals surface area contributed by atoms with Crippen LogP contribution in [-0.4, -0.2) is 73.2 Å². The van der Waals surface area contributed by atoms with E-state index in [9.17, 15) is 14.7 Å². The van der Waals surface area contributed by atoms with Crippen LogP contribution in [0.25, 0.3) is 0 Å². The first-order valence-corrected chi connectivity index (χ1v) is 7.04. The van der Waals surface area contributed by atoms with Crippen LogP contribution < -0.4 is 0 Å². The van der Waals surface area contributed by atoms with Gasteiger partial charge in [-0.25, -0.2) is 0 Å². The lowest BCUT2D eigenvalue weighted by Crippen LogP contribution is -2.40. The molecule has 6 nitrogen and oxygen atoms in total. The van der Waals surface area contributed by atoms with Crippen LogP contribution >= 0.6 is 0 Å². The molecule has 1 saturated heterocycles. The number of ether oxygens (including phenoxy) is 1. The Morgan fingerprint density at radius 3 is 2.75 bits per heavy atom. The molecule has 0 radical (unpaired) electrons. The van der Waals surface area contributed by atoms with Crippen LogP contribution in [0.15, 0.2) is 0 Å². The van der Waals surface area contributed by atoms with Crippen molar-refractivity contribution in [2.45, 2.75) is 26.4 Å². The maximum atomic E-state index is 12.3. The van der Waals surface area contributed by atoms with Crippen LogP contribution in [0.4, 0.5) is 0 Å². The van der Waals surface area contributed by atoms with Gasteiger partial charge in [0, 0.05) is 40.2 Å². The van der Waals surface area contributed by atoms with Crippen LogP contribution in [0.3, 0.4) is 0 Å². The predicted octanol–water partition coefficient (Wildman–Crippen LogP) is -0.0434. The molecule has 1 heterocycles. The summed E-state index contributed by atoms with van der Waals surface area (Å²) >= 11 is 0. The second kappa shape index (κ2) is 7.59. The Hall–Kier alpha value is -1.14. The number of amides is 2. The molecule has 0 aromatic heterocycles. The van der Waals surface area contributed by atoms with Crippen LogP contribution in [0.2, 0.25) is 0 Å². The van der Waals surface area contributed by atoms with Gasteiger partial charge in [-0.15, -0.1) is 0 Å². The zero-order chi connectivity index (χ0) is 15.3. The molecule has 1 fully saturated rings. The monoisotopic (exact) mass is 286 g/mol. The molecular weight excluding hydrogens is 260 g/mol. The molecule has 1 aliphatic heterocycles. The summed E-state index contributed by atoms with van der Waals surface area (Å²) < 4.78 is 4.84. The zero-order valence-corrected chi connectivity index (χ0v) is 12.8. The van der Waals surface area contributed by atoms with Gasteiger partial charge in [0.1, 0.15) is 0 Å². The van der Waals surface area contributed by atoms with E-state index in [0.717, 1.165) is 0 Å². The van der Waals surface area contributed by atoms with Gasteiger partial charge in [0.25, 0.3) is 0 Å². The van der Waals surface area contributed by atoms with Crippen molar-refractivity contribution < 1.29 is 19.4 Å². The second-order valence-electron chi connectivity index (χ2n) is 5.92. The third kappa shape index (κ3) is 4.76. The molecule has 20 heavy (non-hydrogen) atoms. The molecule has 6 heteroatoms. The first kappa shape index (κ1) is 16.9. The average Bonchev–Trinajstić information content (AvgIpc) is 2.69. The molecule has 2 unspecified atom stereocenters. The minimum Gasteiger partial charge on any atom is -0.389 e. The summed E-state index contributed by atoms with van der Waals surface area (Å²) in [5, 5.41) is 9.64. The summed E-state index contributed by atoms with van der Waals surface area (Å²) in [7, 11) is 3.15. The summed E-state index contributed by atoms with van der Waals surface area (Å²) in [4.78, 5) is 27.4. The van der Waals surface area contributed by atoms with Gasteiger partial charge in [0.05, 0.1) is 18.6 Å². The quantitative estimate of drug-likeness (QED) is 0.713. The minimum absolute atomic E-state index is 0.0443. The lowest BCUT2D eigenvalue weighted by atomic mass is 10.1. The Labute approximate surface area is 120 Å². The Kier molecular flexibility index (Phi) is 6.42. The standard InChI is InChI=1S/C14H26N2O4/c1-10(2)6-16-7-11(5-13(16)18)14(19)15(3)8-12(17)9-20-4/h10-12,17H,5-9H2,1-4H3. The SMILES string of the molecule is COCC(O)CN(C)C(=O)C1CC(=O)N(CC(C)C)C1. The Morgan fingerprint density at radius 1 is 1.55 bits per heavy atom. The number of rotatable bonds is 7. The maximum Gasteiger partial charge on any atom is 0.227 e. The van der Waals surface area contributed by atoms with E-state index in [2.05, 4.69) is 13.8 Å². The maximum absolute atomic E-state index is 12.3. The molecule has 1 aliphatic rings. The molecule has 2 amide bonds. The van der Waals surface area contributed by atoms with Crippen molar-refractivity contribution in [1.82, 2.24) is 9.80 Å². The number of carbonyl (C=O) groups is 2. The van der Waals surface area contributed by atoms with E-state index >= 15 is 0 Å². The first-order chi connectivity index (χ1) is 9.35. The van der Waals surface area contributed by atoms with Crippen molar-refractivity contribution in [3.05, 3.63) is 0 Å². The van der Waals surface area contributed by atoms with E-state index in [1.807, 2.05) is 0 Å². The van der Waals surface area contributed by atoms with Gasteiger partial charge in [0.2, 0.25) is 11.8 Å². The summed E-state index contributed by atoms with van der Waals surface area (Å²) in [6.45, 7) is 5.70. The number of hydrogen-bond donors (Lipinski definition) is 1. The number of aliphatic hydroxyl groups excluding tert-OH is 1. The summed E-state index contributed by atoms with van der Waals surface area (Å²) in [5.74, 6) is 0.0673. The molecule has 2 atom stereocenters. The van der Waals surface area contributed by atoms with Gasteiger partial charge in [0.15, 0.2) is 0 Å². The molecule has 0 aromatic carbocycles. The largest absolute Gasteiger partial charge is 0.389 e. The molecule has 1 rings (SSSR count). The summed E-state index contributed by atoms with van der Waals surface area (Å²) in [6.07, 6.45) is -0.422. The molecule has 0 aliphatic carbocycles. The van der Waals surface area contributed by atoms with Crippen molar-refractivity contribution >= 4 is 11.8 Å². The molecular formula is C14H26N2O4. The van der Waals surface area contributed by atoms with E-state index in [0.29, 0.717) is 19.0 Å². The van der Waals surface area contributed by atoms with Gasteiger partial charge in [-0.3, -0.25) is 9.59 Å². The first-order valence-electron chi connectivity index (χ1n) is 7.04. The van der Waals surface area contributed by atoms with Crippen LogP contribution in [-0.2, 0) is 14.3 Å². The molecule has 0 spiro atoms. The smallest absolute Gasteiger partial charge is 0.227 e. The molecule has 0 aromatic rings. The van der Waals surface area contributed by atoms with Gasteiger partial charge < -0.3 is 19.6 Å². The van der Waals surface area contributed by atoms with Gasteiger partial charge >= 0.3 is 0 Å². The van der Waals surface area contributed by atoms with E-state index in [-0.39, 0.29) is 37.3 Å². The third-order valence-corrected chi connectivity index (χ3v) is 3.37. The van der Waals surface area contributed by atoms with Gasteiger partial charge in [-0.2, -0.15) is 0 Å².